The summed E-state index contributed by atoms with van der Waals surface area (Å²) in [5, 5.41) is 9.20. The van der Waals surface area contributed by atoms with Crippen LogP contribution < -0.4 is 11.0 Å². The summed E-state index contributed by atoms with van der Waals surface area (Å²) in [7, 11) is 0. The molecule has 2 heterocycles. The lowest BCUT2D eigenvalue weighted by Gasteiger charge is -2.31. The van der Waals surface area contributed by atoms with Gasteiger partial charge in [0.2, 0.25) is 11.8 Å². The molecule has 1 aliphatic rings. The lowest BCUT2D eigenvalue weighted by molar-refractivity contribution is -0.133. The third-order valence-electron chi connectivity index (χ3n) is 5.01. The largest absolute Gasteiger partial charge is 0.347 e. The molecule has 0 saturated carbocycles. The number of aromatic amines is 1. The first kappa shape index (κ1) is 19.8. The smallest absolute Gasteiger partial charge is 0.343 e. The second-order valence-electron chi connectivity index (χ2n) is 6.87. The van der Waals surface area contributed by atoms with Crippen LogP contribution in [0.5, 0.6) is 0 Å². The lowest BCUT2D eigenvalue weighted by atomic mass is 9.96. The van der Waals surface area contributed by atoms with Gasteiger partial charge in [-0.05, 0) is 37.5 Å². The third-order valence-corrected chi connectivity index (χ3v) is 5.01. The molecule has 28 heavy (non-hydrogen) atoms. The van der Waals surface area contributed by atoms with Crippen LogP contribution in [0.15, 0.2) is 29.1 Å². The Balaban J connectivity index is 1.46. The topological polar surface area (TPSA) is 100 Å². The zero-order chi connectivity index (χ0) is 20.1. The maximum Gasteiger partial charge on any atom is 0.343 e. The van der Waals surface area contributed by atoms with E-state index in [1.165, 1.54) is 12.1 Å². The van der Waals surface area contributed by atoms with Gasteiger partial charge in [0.15, 0.2) is 0 Å². The van der Waals surface area contributed by atoms with Crippen molar-refractivity contribution in [2.45, 2.75) is 38.6 Å². The molecule has 3 rings (SSSR count). The first-order valence-electron chi connectivity index (χ1n) is 9.42. The molecule has 0 radical (unpaired) electrons. The molecule has 1 aliphatic heterocycles. The molecule has 1 aromatic heterocycles. The van der Waals surface area contributed by atoms with Gasteiger partial charge >= 0.3 is 5.69 Å². The number of hydrogen-bond donors (Lipinski definition) is 2. The standard InChI is InChI=1S/C19H24FN5O3/c1-2-25-18(22-23-19(25)28)14-6-8-24(9-7-14)17(27)12-21-16(26)11-13-4-3-5-15(20)10-13/h3-5,10,14H,2,6-9,11-12H2,1H3,(H,21,26)(H,23,28). The zero-order valence-electron chi connectivity index (χ0n) is 15.8. The fraction of sp³-hybridized carbons (Fsp3) is 0.474. The number of H-pyrrole nitrogens is 1. The molecular weight excluding hydrogens is 365 g/mol. The number of halogens is 1. The molecule has 9 heteroatoms. The van der Waals surface area contributed by atoms with E-state index < -0.39 is 5.82 Å². The van der Waals surface area contributed by atoms with Gasteiger partial charge in [-0.1, -0.05) is 12.1 Å². The molecule has 0 spiro atoms. The van der Waals surface area contributed by atoms with Gasteiger partial charge < -0.3 is 10.2 Å². The molecular formula is C19H24FN5O3. The summed E-state index contributed by atoms with van der Waals surface area (Å²) in [5.41, 5.74) is 0.351. The molecule has 2 N–H and O–H groups in total. The van der Waals surface area contributed by atoms with Gasteiger partial charge in [0, 0.05) is 25.6 Å². The van der Waals surface area contributed by atoms with Crippen LogP contribution in [0.3, 0.4) is 0 Å². The molecule has 1 aromatic carbocycles. The molecule has 150 valence electrons. The van der Waals surface area contributed by atoms with Crippen LogP contribution in [0, 0.1) is 5.82 Å². The van der Waals surface area contributed by atoms with Crippen molar-refractivity contribution in [1.29, 1.82) is 0 Å². The summed E-state index contributed by atoms with van der Waals surface area (Å²) in [6, 6.07) is 5.83. The number of carbonyl (C=O) groups is 2. The van der Waals surface area contributed by atoms with Crippen LogP contribution in [0.25, 0.3) is 0 Å². The average Bonchev–Trinajstić information content (AvgIpc) is 3.06. The van der Waals surface area contributed by atoms with Crippen LogP contribution in [0.1, 0.15) is 37.1 Å². The highest BCUT2D eigenvalue weighted by Crippen LogP contribution is 2.25. The second kappa shape index (κ2) is 8.81. The van der Waals surface area contributed by atoms with E-state index in [1.807, 2.05) is 6.92 Å². The molecule has 0 atom stereocenters. The summed E-state index contributed by atoms with van der Waals surface area (Å²) in [5.74, 6) is 0.00133. The quantitative estimate of drug-likeness (QED) is 0.763. The normalized spacial score (nSPS) is 14.9. The highest BCUT2D eigenvalue weighted by atomic mass is 19.1. The van der Waals surface area contributed by atoms with Crippen LogP contribution in [0.4, 0.5) is 4.39 Å². The molecule has 2 aromatic rings. The Labute approximate surface area is 161 Å². The first-order valence-corrected chi connectivity index (χ1v) is 9.42. The van der Waals surface area contributed by atoms with Crippen molar-refractivity contribution >= 4 is 11.8 Å². The Bertz CT molecular complexity index is 899. The van der Waals surface area contributed by atoms with E-state index in [0.717, 1.165) is 5.82 Å². The zero-order valence-corrected chi connectivity index (χ0v) is 15.8. The number of piperidine rings is 1. The van der Waals surface area contributed by atoms with E-state index in [9.17, 15) is 18.8 Å². The number of nitrogens with one attached hydrogen (secondary N) is 2. The number of likely N-dealkylation sites (tertiary alicyclic amines) is 1. The van der Waals surface area contributed by atoms with E-state index >= 15 is 0 Å². The Morgan fingerprint density at radius 3 is 2.75 bits per heavy atom. The minimum Gasteiger partial charge on any atom is -0.347 e. The molecule has 0 bridgehead atoms. The SMILES string of the molecule is CCn1c(C2CCN(C(=O)CNC(=O)Cc3cccc(F)c3)CC2)n[nH]c1=O. The van der Waals surface area contributed by atoms with Gasteiger partial charge in [-0.25, -0.2) is 14.3 Å². The predicted octanol–water partition coefficient (Wildman–Crippen LogP) is 0.795. The molecule has 8 nitrogen and oxygen atoms in total. The Kier molecular flexibility index (Phi) is 6.23. The van der Waals surface area contributed by atoms with Crippen molar-refractivity contribution in [1.82, 2.24) is 25.0 Å². The monoisotopic (exact) mass is 389 g/mol. The van der Waals surface area contributed by atoms with Gasteiger partial charge in [-0.2, -0.15) is 5.10 Å². The summed E-state index contributed by atoms with van der Waals surface area (Å²) in [4.78, 5) is 37.7. The van der Waals surface area contributed by atoms with Gasteiger partial charge in [0.1, 0.15) is 11.6 Å². The van der Waals surface area contributed by atoms with Crippen LogP contribution >= 0.6 is 0 Å². The Morgan fingerprint density at radius 1 is 1.32 bits per heavy atom. The highest BCUT2D eigenvalue weighted by molar-refractivity contribution is 5.85. The van der Waals surface area contributed by atoms with Crippen molar-refractivity contribution in [2.24, 2.45) is 0 Å². The number of hydrogen-bond acceptors (Lipinski definition) is 4. The van der Waals surface area contributed by atoms with Gasteiger partial charge in [0.05, 0.1) is 13.0 Å². The summed E-state index contributed by atoms with van der Waals surface area (Å²) >= 11 is 0. The van der Waals surface area contributed by atoms with Crippen molar-refractivity contribution in [3.63, 3.8) is 0 Å². The van der Waals surface area contributed by atoms with Crippen LogP contribution in [0.2, 0.25) is 0 Å². The number of aromatic nitrogens is 3. The Hall–Kier alpha value is -2.97. The van der Waals surface area contributed by atoms with Crippen LogP contribution in [-0.4, -0.2) is 51.1 Å². The minimum absolute atomic E-state index is 0.0286. The van der Waals surface area contributed by atoms with Gasteiger partial charge in [0.25, 0.3) is 0 Å². The number of carbonyl (C=O) groups excluding carboxylic acids is 2. The highest BCUT2D eigenvalue weighted by Gasteiger charge is 2.27. The minimum atomic E-state index is -0.394. The number of amides is 2. The number of nitrogens with zero attached hydrogens (tertiary/aromatic N) is 3. The van der Waals surface area contributed by atoms with Crippen molar-refractivity contribution in [3.05, 3.63) is 52.0 Å². The summed E-state index contributed by atoms with van der Waals surface area (Å²) < 4.78 is 14.8. The van der Waals surface area contributed by atoms with E-state index in [1.54, 1.807) is 21.6 Å². The molecule has 1 saturated heterocycles. The maximum atomic E-state index is 13.2. The molecule has 0 aliphatic carbocycles. The van der Waals surface area contributed by atoms with Crippen molar-refractivity contribution < 1.29 is 14.0 Å². The van der Waals surface area contributed by atoms with E-state index in [2.05, 4.69) is 15.5 Å². The van der Waals surface area contributed by atoms with Crippen molar-refractivity contribution in [2.75, 3.05) is 19.6 Å². The molecule has 1 fully saturated rings. The van der Waals surface area contributed by atoms with E-state index in [0.29, 0.717) is 38.0 Å². The van der Waals surface area contributed by atoms with E-state index in [-0.39, 0.29) is 36.4 Å². The second-order valence-corrected chi connectivity index (χ2v) is 6.87. The first-order chi connectivity index (χ1) is 13.5. The average molecular weight is 389 g/mol. The van der Waals surface area contributed by atoms with Crippen LogP contribution in [-0.2, 0) is 22.6 Å². The van der Waals surface area contributed by atoms with Gasteiger partial charge in [-0.3, -0.25) is 14.2 Å². The lowest BCUT2D eigenvalue weighted by Crippen LogP contribution is -2.44. The predicted molar refractivity (Wildman–Crippen MR) is 100 cm³/mol. The fourth-order valence-corrected chi connectivity index (χ4v) is 3.52. The van der Waals surface area contributed by atoms with Gasteiger partial charge in [-0.15, -0.1) is 0 Å². The fourth-order valence-electron chi connectivity index (χ4n) is 3.52. The summed E-state index contributed by atoms with van der Waals surface area (Å²) in [6.07, 6.45) is 1.46. The van der Waals surface area contributed by atoms with Crippen molar-refractivity contribution in [3.8, 4) is 0 Å². The molecule has 2 amide bonds. The number of rotatable bonds is 6. The third kappa shape index (κ3) is 4.65. The maximum absolute atomic E-state index is 13.2. The Morgan fingerprint density at radius 2 is 2.07 bits per heavy atom. The van der Waals surface area contributed by atoms with E-state index in [4.69, 9.17) is 0 Å². The number of benzene rings is 1. The molecule has 0 unspecified atom stereocenters. The summed E-state index contributed by atoms with van der Waals surface area (Å²) in [6.45, 7) is 3.47.